The number of allylic oxidation sites excluding steroid dienone is 13. The van der Waals surface area contributed by atoms with Gasteiger partial charge in [-0.05, 0) is 83.1 Å². The van der Waals surface area contributed by atoms with Crippen molar-refractivity contribution in [2.75, 3.05) is 0 Å². The summed E-state index contributed by atoms with van der Waals surface area (Å²) < 4.78 is 13.5. The Bertz CT molecular complexity index is 2590. The smallest absolute Gasteiger partial charge is 0.138 e. The van der Waals surface area contributed by atoms with E-state index in [1.54, 1.807) is 0 Å². The highest BCUT2D eigenvalue weighted by Gasteiger charge is 2.38. The highest BCUT2D eigenvalue weighted by Crippen LogP contribution is 2.54. The van der Waals surface area contributed by atoms with Gasteiger partial charge in [0, 0.05) is 45.4 Å². The van der Waals surface area contributed by atoms with Crippen LogP contribution in [-0.2, 0) is 0 Å². The predicted molar refractivity (Wildman–Crippen MR) is 214 cm³/mol. The van der Waals surface area contributed by atoms with Gasteiger partial charge in [-0.15, -0.1) is 0 Å². The maximum absolute atomic E-state index is 7.09. The molecule has 2 heterocycles. The molecule has 1 saturated carbocycles. The molecule has 0 bridgehead atoms. The van der Waals surface area contributed by atoms with Crippen LogP contribution in [0.5, 0.6) is 0 Å². The standard InChI is InChI=1S/C50H40O2/c1-2-13-32(14-3-1)44-30-47-49(41-17-7-6-16-40(41)44)43-21-10-20-39(50(43)52-47)37-28-35(34-25-24-31-12-4-5-15-33(31)26-34)27-36(29-37)38-19-11-23-46-48(38)42-18-8-9-22-45(42)51-46/h1-26,30-31,33,35-37,40-41H,27-29H2. The van der Waals surface area contributed by atoms with Crippen molar-refractivity contribution in [1.82, 2.24) is 0 Å². The van der Waals surface area contributed by atoms with Gasteiger partial charge in [-0.1, -0.05) is 146 Å². The predicted octanol–water partition coefficient (Wildman–Crippen LogP) is 13.2. The minimum Gasteiger partial charge on any atom is -0.456 e. The Labute approximate surface area is 304 Å². The number of hydrogen-bond donors (Lipinski definition) is 0. The number of furan rings is 2. The summed E-state index contributed by atoms with van der Waals surface area (Å²) in [5.74, 6) is 3.60. The molecule has 11 rings (SSSR count). The van der Waals surface area contributed by atoms with Crippen LogP contribution < -0.4 is 0 Å². The summed E-state index contributed by atoms with van der Waals surface area (Å²) in [6.07, 6.45) is 31.4. The van der Waals surface area contributed by atoms with Crippen LogP contribution in [0.2, 0.25) is 0 Å². The Balaban J connectivity index is 1.05. The zero-order chi connectivity index (χ0) is 34.2. The summed E-state index contributed by atoms with van der Waals surface area (Å²) in [6, 6.07) is 33.0. The van der Waals surface area contributed by atoms with Crippen LogP contribution in [0.4, 0.5) is 0 Å². The highest BCUT2D eigenvalue weighted by molar-refractivity contribution is 6.07. The molecule has 7 atom stereocenters. The van der Waals surface area contributed by atoms with Crippen molar-refractivity contribution in [3.63, 3.8) is 0 Å². The second-order valence-electron chi connectivity index (χ2n) is 15.5. The normalized spacial score (nSPS) is 27.4. The first-order chi connectivity index (χ1) is 25.8. The molecule has 4 aromatic carbocycles. The van der Waals surface area contributed by atoms with Gasteiger partial charge >= 0.3 is 0 Å². The first-order valence-corrected chi connectivity index (χ1v) is 19.1. The Hall–Kier alpha value is -5.60. The molecule has 0 N–H and O–H groups in total. The Morgan fingerprint density at radius 1 is 0.519 bits per heavy atom. The molecular formula is C50H40O2. The van der Waals surface area contributed by atoms with E-state index >= 15 is 0 Å². The lowest BCUT2D eigenvalue weighted by atomic mass is 9.66. The Morgan fingerprint density at radius 2 is 1.21 bits per heavy atom. The largest absolute Gasteiger partial charge is 0.456 e. The molecule has 6 aromatic rings. The third kappa shape index (κ3) is 4.77. The monoisotopic (exact) mass is 672 g/mol. The minimum atomic E-state index is 0.249. The number of benzene rings is 4. The van der Waals surface area contributed by atoms with E-state index in [9.17, 15) is 0 Å². The Morgan fingerprint density at radius 3 is 2.12 bits per heavy atom. The van der Waals surface area contributed by atoms with E-state index < -0.39 is 0 Å². The number of fused-ring (bicyclic) bond motifs is 9. The molecule has 2 nitrogen and oxygen atoms in total. The van der Waals surface area contributed by atoms with Gasteiger partial charge in [-0.2, -0.15) is 0 Å². The lowest BCUT2D eigenvalue weighted by Crippen LogP contribution is -2.24. The van der Waals surface area contributed by atoms with Crippen LogP contribution in [0.3, 0.4) is 0 Å². The summed E-state index contributed by atoms with van der Waals surface area (Å²) in [7, 11) is 0. The molecule has 0 spiro atoms. The summed E-state index contributed by atoms with van der Waals surface area (Å²) in [5, 5.41) is 3.77. The molecule has 252 valence electrons. The zero-order valence-corrected chi connectivity index (χ0v) is 29.1. The number of hydrogen-bond acceptors (Lipinski definition) is 2. The fourth-order valence-corrected chi connectivity index (χ4v) is 10.3. The maximum atomic E-state index is 7.09. The van der Waals surface area contributed by atoms with Gasteiger partial charge in [0.25, 0.3) is 0 Å². The second-order valence-corrected chi connectivity index (χ2v) is 15.5. The van der Waals surface area contributed by atoms with E-state index in [0.717, 1.165) is 41.8 Å². The molecule has 2 aromatic heterocycles. The van der Waals surface area contributed by atoms with Gasteiger partial charge in [0.2, 0.25) is 0 Å². The molecule has 1 fully saturated rings. The van der Waals surface area contributed by atoms with Crippen molar-refractivity contribution >= 4 is 44.6 Å². The zero-order valence-electron chi connectivity index (χ0n) is 29.1. The van der Waals surface area contributed by atoms with Crippen molar-refractivity contribution in [3.05, 3.63) is 191 Å². The van der Waals surface area contributed by atoms with Crippen molar-refractivity contribution in [1.29, 1.82) is 0 Å². The van der Waals surface area contributed by atoms with E-state index in [0.29, 0.717) is 29.6 Å². The second kappa shape index (κ2) is 12.0. The van der Waals surface area contributed by atoms with Crippen LogP contribution in [0, 0.1) is 23.7 Å². The molecule has 5 aliphatic rings. The van der Waals surface area contributed by atoms with E-state index in [1.165, 1.54) is 49.6 Å². The van der Waals surface area contributed by atoms with Gasteiger partial charge in [0.05, 0.1) is 0 Å². The SMILES string of the molecule is C1=CC2C=CC(C3CC(c4cccc5c6c(oc45)C=C(c4ccccc4)C4C=CC=CC64)CC(c4cccc5oc6ccccc6c45)C3)=CC2C=C1. The lowest BCUT2D eigenvalue weighted by molar-refractivity contribution is 0.323. The van der Waals surface area contributed by atoms with Crippen LogP contribution in [0.1, 0.15) is 65.0 Å². The molecule has 5 aliphatic carbocycles. The van der Waals surface area contributed by atoms with Crippen LogP contribution >= 0.6 is 0 Å². The molecule has 2 heteroatoms. The average molecular weight is 673 g/mol. The van der Waals surface area contributed by atoms with Gasteiger partial charge in [0.1, 0.15) is 22.5 Å². The molecule has 0 amide bonds. The van der Waals surface area contributed by atoms with Crippen molar-refractivity contribution < 1.29 is 8.83 Å². The van der Waals surface area contributed by atoms with Crippen molar-refractivity contribution in [2.24, 2.45) is 23.7 Å². The fraction of sp³-hybridized carbons (Fsp3) is 0.200. The molecule has 7 unspecified atom stereocenters. The maximum Gasteiger partial charge on any atom is 0.138 e. The molecule has 0 saturated heterocycles. The number of para-hydroxylation sites is 2. The highest BCUT2D eigenvalue weighted by atomic mass is 16.3. The quantitative estimate of drug-likeness (QED) is 0.186. The summed E-state index contributed by atoms with van der Waals surface area (Å²) >= 11 is 0. The van der Waals surface area contributed by atoms with Crippen molar-refractivity contribution in [3.8, 4) is 0 Å². The topological polar surface area (TPSA) is 26.3 Å². The van der Waals surface area contributed by atoms with E-state index in [4.69, 9.17) is 8.83 Å². The third-order valence-electron chi connectivity index (χ3n) is 12.6. The van der Waals surface area contributed by atoms with E-state index in [-0.39, 0.29) is 11.8 Å². The fourth-order valence-electron chi connectivity index (χ4n) is 10.3. The van der Waals surface area contributed by atoms with Gasteiger partial charge in [-0.3, -0.25) is 0 Å². The Kier molecular flexibility index (Phi) is 6.93. The van der Waals surface area contributed by atoms with Crippen LogP contribution in [-0.4, -0.2) is 0 Å². The van der Waals surface area contributed by atoms with Gasteiger partial charge < -0.3 is 8.83 Å². The molecule has 0 aliphatic heterocycles. The van der Waals surface area contributed by atoms with Gasteiger partial charge in [0.15, 0.2) is 0 Å². The number of rotatable bonds is 4. The first kappa shape index (κ1) is 30.1. The first-order valence-electron chi connectivity index (χ1n) is 19.1. The van der Waals surface area contributed by atoms with Crippen LogP contribution in [0.15, 0.2) is 172 Å². The summed E-state index contributed by atoms with van der Waals surface area (Å²) in [6.45, 7) is 0. The molecule has 0 radical (unpaired) electrons. The van der Waals surface area contributed by atoms with E-state index in [1.807, 2.05) is 0 Å². The summed E-state index contributed by atoms with van der Waals surface area (Å²) in [5.41, 5.74) is 11.2. The van der Waals surface area contributed by atoms with E-state index in [2.05, 4.69) is 164 Å². The minimum absolute atomic E-state index is 0.249. The third-order valence-corrected chi connectivity index (χ3v) is 12.6. The molecule has 52 heavy (non-hydrogen) atoms. The molecular weight excluding hydrogens is 633 g/mol. The van der Waals surface area contributed by atoms with Crippen molar-refractivity contribution in [2.45, 2.75) is 37.0 Å². The van der Waals surface area contributed by atoms with Crippen LogP contribution in [0.25, 0.3) is 44.6 Å². The van der Waals surface area contributed by atoms with Gasteiger partial charge in [-0.25, -0.2) is 0 Å². The summed E-state index contributed by atoms with van der Waals surface area (Å²) in [4.78, 5) is 0. The lowest BCUT2D eigenvalue weighted by Gasteiger charge is -2.38. The average Bonchev–Trinajstić information content (AvgIpc) is 3.79.